The third-order valence-corrected chi connectivity index (χ3v) is 3.22. The predicted molar refractivity (Wildman–Crippen MR) is 80.1 cm³/mol. The second-order valence-corrected chi connectivity index (χ2v) is 5.59. The van der Waals surface area contributed by atoms with Crippen molar-refractivity contribution in [3.63, 3.8) is 0 Å². The van der Waals surface area contributed by atoms with Gasteiger partial charge in [0.05, 0.1) is 14.2 Å². The molecule has 1 atom stereocenters. The number of ether oxygens (including phenoxy) is 2. The molecular formula is C16H27NO2. The van der Waals surface area contributed by atoms with E-state index in [-0.39, 0.29) is 6.04 Å². The Balaban J connectivity index is 3.04. The van der Waals surface area contributed by atoms with Crippen LogP contribution in [0.2, 0.25) is 0 Å². The van der Waals surface area contributed by atoms with Gasteiger partial charge >= 0.3 is 0 Å². The van der Waals surface area contributed by atoms with Crippen LogP contribution in [0.3, 0.4) is 0 Å². The summed E-state index contributed by atoms with van der Waals surface area (Å²) in [7, 11) is 3.43. The molecule has 0 spiro atoms. The quantitative estimate of drug-likeness (QED) is 0.823. The van der Waals surface area contributed by atoms with Gasteiger partial charge in [0.25, 0.3) is 0 Å². The fourth-order valence-electron chi connectivity index (χ4n) is 2.17. The van der Waals surface area contributed by atoms with E-state index in [4.69, 9.17) is 15.2 Å². The van der Waals surface area contributed by atoms with Gasteiger partial charge in [-0.05, 0) is 55.4 Å². The summed E-state index contributed by atoms with van der Waals surface area (Å²) in [6, 6.07) is 4.27. The first-order chi connectivity index (χ1) is 8.97. The molecule has 0 aromatic heterocycles. The largest absolute Gasteiger partial charge is 0.496 e. The minimum Gasteiger partial charge on any atom is -0.496 e. The summed E-state index contributed by atoms with van der Waals surface area (Å²) < 4.78 is 11.0. The van der Waals surface area contributed by atoms with Crippen LogP contribution in [0.1, 0.15) is 38.3 Å². The number of rotatable bonds is 7. The topological polar surface area (TPSA) is 44.5 Å². The monoisotopic (exact) mass is 265 g/mol. The molecule has 0 saturated carbocycles. The van der Waals surface area contributed by atoms with E-state index in [9.17, 15) is 0 Å². The molecule has 0 aliphatic heterocycles. The van der Waals surface area contributed by atoms with Crippen molar-refractivity contribution in [2.24, 2.45) is 11.7 Å². The summed E-state index contributed by atoms with van der Waals surface area (Å²) in [6.07, 6.45) is 2.95. The van der Waals surface area contributed by atoms with Gasteiger partial charge in [0.1, 0.15) is 11.5 Å². The first-order valence-electron chi connectivity index (χ1n) is 6.97. The highest BCUT2D eigenvalue weighted by Gasteiger charge is 2.12. The van der Waals surface area contributed by atoms with Crippen molar-refractivity contribution in [2.75, 3.05) is 14.2 Å². The molecule has 1 unspecified atom stereocenters. The molecule has 1 aromatic carbocycles. The zero-order valence-corrected chi connectivity index (χ0v) is 12.8. The van der Waals surface area contributed by atoms with E-state index < -0.39 is 0 Å². The van der Waals surface area contributed by atoms with Gasteiger partial charge in [0.2, 0.25) is 0 Å². The van der Waals surface area contributed by atoms with Crippen molar-refractivity contribution >= 4 is 0 Å². The highest BCUT2D eigenvalue weighted by molar-refractivity contribution is 5.47. The Morgan fingerprint density at radius 3 is 2.00 bits per heavy atom. The Bertz CT molecular complexity index is 400. The number of hydrogen-bond donors (Lipinski definition) is 1. The lowest BCUT2D eigenvalue weighted by Gasteiger charge is -2.16. The molecule has 108 valence electrons. The maximum atomic E-state index is 5.88. The van der Waals surface area contributed by atoms with Crippen molar-refractivity contribution in [2.45, 2.75) is 46.1 Å². The van der Waals surface area contributed by atoms with E-state index in [0.717, 1.165) is 36.3 Å². The molecule has 0 amide bonds. The Labute approximate surface area is 117 Å². The molecule has 0 radical (unpaired) electrons. The van der Waals surface area contributed by atoms with Crippen LogP contribution in [0.15, 0.2) is 12.1 Å². The van der Waals surface area contributed by atoms with Crippen molar-refractivity contribution < 1.29 is 9.47 Å². The molecule has 0 saturated heterocycles. The van der Waals surface area contributed by atoms with Crippen molar-refractivity contribution in [3.8, 4) is 11.5 Å². The lowest BCUT2D eigenvalue weighted by atomic mass is 9.98. The minimum absolute atomic E-state index is 0.111. The van der Waals surface area contributed by atoms with Crippen LogP contribution in [0.5, 0.6) is 11.5 Å². The molecule has 3 heteroatoms. The number of methoxy groups -OCH3 is 2. The Hall–Kier alpha value is -1.22. The first kappa shape index (κ1) is 15.8. The highest BCUT2D eigenvalue weighted by Crippen LogP contribution is 2.31. The van der Waals surface area contributed by atoms with Crippen LogP contribution in [-0.4, -0.2) is 20.3 Å². The van der Waals surface area contributed by atoms with Gasteiger partial charge in [0, 0.05) is 6.04 Å². The average Bonchev–Trinajstić information content (AvgIpc) is 2.35. The van der Waals surface area contributed by atoms with Gasteiger partial charge in [-0.15, -0.1) is 0 Å². The molecule has 0 aliphatic carbocycles. The highest BCUT2D eigenvalue weighted by atomic mass is 16.5. The fourth-order valence-corrected chi connectivity index (χ4v) is 2.17. The van der Waals surface area contributed by atoms with Crippen molar-refractivity contribution in [1.29, 1.82) is 0 Å². The van der Waals surface area contributed by atoms with Crippen LogP contribution in [0, 0.1) is 5.92 Å². The molecule has 0 bridgehead atoms. The van der Waals surface area contributed by atoms with Crippen LogP contribution < -0.4 is 15.2 Å². The maximum absolute atomic E-state index is 5.88. The van der Waals surface area contributed by atoms with Crippen molar-refractivity contribution in [1.82, 2.24) is 0 Å². The van der Waals surface area contributed by atoms with E-state index in [1.165, 1.54) is 5.56 Å². The van der Waals surface area contributed by atoms with Crippen LogP contribution in [-0.2, 0) is 12.8 Å². The minimum atomic E-state index is 0.111. The van der Waals surface area contributed by atoms with Gasteiger partial charge in [0.15, 0.2) is 0 Å². The van der Waals surface area contributed by atoms with Gasteiger partial charge in [-0.2, -0.15) is 0 Å². The third-order valence-electron chi connectivity index (χ3n) is 3.22. The Morgan fingerprint density at radius 1 is 1.00 bits per heavy atom. The lowest BCUT2D eigenvalue weighted by Crippen LogP contribution is -2.18. The van der Waals surface area contributed by atoms with E-state index in [2.05, 4.69) is 26.0 Å². The third kappa shape index (κ3) is 4.75. The summed E-state index contributed by atoms with van der Waals surface area (Å²) in [4.78, 5) is 0. The van der Waals surface area contributed by atoms with Gasteiger partial charge in [-0.3, -0.25) is 0 Å². The second-order valence-electron chi connectivity index (χ2n) is 5.59. The zero-order valence-electron chi connectivity index (χ0n) is 12.8. The normalized spacial score (nSPS) is 12.6. The molecule has 19 heavy (non-hydrogen) atoms. The zero-order chi connectivity index (χ0) is 14.4. The van der Waals surface area contributed by atoms with E-state index in [0.29, 0.717) is 5.92 Å². The summed E-state index contributed by atoms with van der Waals surface area (Å²) in [6.45, 7) is 6.46. The standard InChI is InChI=1S/C16H27NO2/c1-11(2)6-7-13-9-16(19-5)14(8-12(3)17)10-15(13)18-4/h9-12H,6-8,17H2,1-5H3. The lowest BCUT2D eigenvalue weighted by molar-refractivity contribution is 0.392. The van der Waals surface area contributed by atoms with Gasteiger partial charge in [-0.25, -0.2) is 0 Å². The number of nitrogens with two attached hydrogens (primary N) is 1. The predicted octanol–water partition coefficient (Wildman–Crippen LogP) is 3.18. The smallest absolute Gasteiger partial charge is 0.122 e. The fraction of sp³-hybridized carbons (Fsp3) is 0.625. The summed E-state index contributed by atoms with van der Waals surface area (Å²) in [5, 5.41) is 0. The molecule has 3 nitrogen and oxygen atoms in total. The maximum Gasteiger partial charge on any atom is 0.122 e. The van der Waals surface area contributed by atoms with Gasteiger partial charge in [-0.1, -0.05) is 13.8 Å². The molecule has 2 N–H and O–H groups in total. The Kier molecular flexibility index (Phi) is 6.16. The van der Waals surface area contributed by atoms with Crippen LogP contribution in [0.4, 0.5) is 0 Å². The molecule has 0 aliphatic rings. The van der Waals surface area contributed by atoms with E-state index in [1.807, 2.05) is 6.92 Å². The molecule has 0 fully saturated rings. The number of aryl methyl sites for hydroxylation is 1. The van der Waals surface area contributed by atoms with E-state index >= 15 is 0 Å². The summed E-state index contributed by atoms with van der Waals surface area (Å²) >= 11 is 0. The van der Waals surface area contributed by atoms with E-state index in [1.54, 1.807) is 14.2 Å². The molecular weight excluding hydrogens is 238 g/mol. The Morgan fingerprint density at radius 2 is 1.53 bits per heavy atom. The number of hydrogen-bond acceptors (Lipinski definition) is 3. The SMILES string of the molecule is COc1cc(CC(C)N)c(OC)cc1CCC(C)C. The summed E-state index contributed by atoms with van der Waals surface area (Å²) in [5.74, 6) is 2.54. The molecule has 1 rings (SSSR count). The van der Waals surface area contributed by atoms with Gasteiger partial charge < -0.3 is 15.2 Å². The van der Waals surface area contributed by atoms with Crippen LogP contribution >= 0.6 is 0 Å². The summed E-state index contributed by atoms with van der Waals surface area (Å²) in [5.41, 5.74) is 8.20. The number of benzene rings is 1. The molecule has 1 aromatic rings. The van der Waals surface area contributed by atoms with Crippen LogP contribution in [0.25, 0.3) is 0 Å². The first-order valence-corrected chi connectivity index (χ1v) is 6.97. The average molecular weight is 265 g/mol. The van der Waals surface area contributed by atoms with Crippen molar-refractivity contribution in [3.05, 3.63) is 23.3 Å². The second kappa shape index (κ2) is 7.39. The molecule has 0 heterocycles.